The van der Waals surface area contributed by atoms with Crippen molar-refractivity contribution in [3.63, 3.8) is 0 Å². The molecule has 3 N–H and O–H groups in total. The fourth-order valence-corrected chi connectivity index (χ4v) is 1.68. The van der Waals surface area contributed by atoms with E-state index in [9.17, 15) is 0 Å². The molecule has 0 aromatic heterocycles. The predicted octanol–water partition coefficient (Wildman–Crippen LogP) is 1.26. The minimum Gasteiger partial charge on any atom is -0.328 e. The smallest absolute Gasteiger partial charge is 0.00823 e. The molecule has 2 atom stereocenters. The van der Waals surface area contributed by atoms with Crippen LogP contribution in [-0.4, -0.2) is 18.6 Å². The molecular weight excluding hydrogens is 136 g/mol. The van der Waals surface area contributed by atoms with Crippen molar-refractivity contribution in [3.05, 3.63) is 0 Å². The molecule has 0 heterocycles. The zero-order valence-electron chi connectivity index (χ0n) is 7.47. The zero-order valence-corrected chi connectivity index (χ0v) is 7.47. The Labute approximate surface area is 69.5 Å². The Morgan fingerprint density at radius 2 is 2.27 bits per heavy atom. The van der Waals surface area contributed by atoms with Crippen LogP contribution in [0.5, 0.6) is 0 Å². The summed E-state index contributed by atoms with van der Waals surface area (Å²) in [6.45, 7) is 3.40. The van der Waals surface area contributed by atoms with Crippen LogP contribution in [0, 0.1) is 0 Å². The lowest BCUT2D eigenvalue weighted by molar-refractivity contribution is 0.506. The summed E-state index contributed by atoms with van der Waals surface area (Å²) in [5, 5.41) is 3.53. The summed E-state index contributed by atoms with van der Waals surface area (Å²) in [5.41, 5.74) is 5.79. The van der Waals surface area contributed by atoms with Gasteiger partial charge >= 0.3 is 0 Å². The van der Waals surface area contributed by atoms with Crippen molar-refractivity contribution in [3.8, 4) is 0 Å². The molecule has 0 amide bonds. The van der Waals surface area contributed by atoms with Crippen molar-refractivity contribution >= 4 is 0 Å². The highest BCUT2D eigenvalue weighted by atomic mass is 14.9. The molecular formula is C9H20N2. The first-order chi connectivity index (χ1) is 5.33. The van der Waals surface area contributed by atoms with E-state index in [0.717, 1.165) is 6.04 Å². The first kappa shape index (κ1) is 9.01. The second-order valence-corrected chi connectivity index (χ2v) is 3.58. The van der Waals surface area contributed by atoms with Gasteiger partial charge in [-0.3, -0.25) is 0 Å². The van der Waals surface area contributed by atoms with Crippen LogP contribution in [0.2, 0.25) is 0 Å². The van der Waals surface area contributed by atoms with Crippen LogP contribution in [0.1, 0.15) is 39.0 Å². The molecule has 66 valence electrons. The van der Waals surface area contributed by atoms with Crippen LogP contribution in [0.4, 0.5) is 0 Å². The minimum absolute atomic E-state index is 0.467. The second-order valence-electron chi connectivity index (χ2n) is 3.58. The largest absolute Gasteiger partial charge is 0.328 e. The van der Waals surface area contributed by atoms with Crippen molar-refractivity contribution in [1.29, 1.82) is 0 Å². The van der Waals surface area contributed by atoms with E-state index in [1.165, 1.54) is 38.6 Å². The van der Waals surface area contributed by atoms with E-state index >= 15 is 0 Å². The Bertz CT molecular complexity index is 104. The van der Waals surface area contributed by atoms with E-state index in [2.05, 4.69) is 12.2 Å². The lowest BCUT2D eigenvalue weighted by Crippen LogP contribution is -2.29. The van der Waals surface area contributed by atoms with E-state index in [-0.39, 0.29) is 0 Å². The third-order valence-electron chi connectivity index (χ3n) is 2.44. The standard InChI is InChI=1S/C9H20N2/c1-2-3-6-11-9-5-4-8(10)7-9/h8-9,11H,2-7,10H2,1H3. The molecule has 0 saturated heterocycles. The molecule has 0 spiro atoms. The highest BCUT2D eigenvalue weighted by Crippen LogP contribution is 2.16. The molecule has 1 aliphatic rings. The van der Waals surface area contributed by atoms with Crippen molar-refractivity contribution < 1.29 is 0 Å². The summed E-state index contributed by atoms with van der Waals surface area (Å²) in [6, 6.07) is 1.19. The van der Waals surface area contributed by atoms with E-state index in [0.29, 0.717) is 6.04 Å². The minimum atomic E-state index is 0.467. The number of hydrogen-bond acceptors (Lipinski definition) is 2. The fourth-order valence-electron chi connectivity index (χ4n) is 1.68. The zero-order chi connectivity index (χ0) is 8.10. The normalized spacial score (nSPS) is 31.1. The Morgan fingerprint density at radius 3 is 2.82 bits per heavy atom. The Hall–Kier alpha value is -0.0800. The molecule has 1 fully saturated rings. The van der Waals surface area contributed by atoms with Gasteiger partial charge in [-0.2, -0.15) is 0 Å². The van der Waals surface area contributed by atoms with Gasteiger partial charge in [0.1, 0.15) is 0 Å². The first-order valence-electron chi connectivity index (χ1n) is 4.82. The SMILES string of the molecule is CCCCNC1CCC(N)C1. The molecule has 1 rings (SSSR count). The molecule has 1 saturated carbocycles. The molecule has 2 unspecified atom stereocenters. The third kappa shape index (κ3) is 3.21. The molecule has 11 heavy (non-hydrogen) atoms. The van der Waals surface area contributed by atoms with Crippen LogP contribution in [-0.2, 0) is 0 Å². The van der Waals surface area contributed by atoms with Crippen molar-refractivity contribution in [1.82, 2.24) is 5.32 Å². The Kier molecular flexibility index (Phi) is 3.87. The molecule has 0 bridgehead atoms. The summed E-state index contributed by atoms with van der Waals surface area (Å²) in [7, 11) is 0. The summed E-state index contributed by atoms with van der Waals surface area (Å²) < 4.78 is 0. The Morgan fingerprint density at radius 1 is 1.45 bits per heavy atom. The summed E-state index contributed by atoms with van der Waals surface area (Å²) in [5.74, 6) is 0. The maximum absolute atomic E-state index is 5.79. The summed E-state index contributed by atoms with van der Waals surface area (Å²) in [6.07, 6.45) is 6.26. The fraction of sp³-hybridized carbons (Fsp3) is 1.00. The summed E-state index contributed by atoms with van der Waals surface area (Å²) >= 11 is 0. The molecule has 0 radical (unpaired) electrons. The van der Waals surface area contributed by atoms with E-state index < -0.39 is 0 Å². The number of nitrogens with two attached hydrogens (primary N) is 1. The van der Waals surface area contributed by atoms with Gasteiger partial charge < -0.3 is 11.1 Å². The third-order valence-corrected chi connectivity index (χ3v) is 2.44. The van der Waals surface area contributed by atoms with E-state index in [4.69, 9.17) is 5.73 Å². The maximum Gasteiger partial charge on any atom is 0.00823 e. The van der Waals surface area contributed by atoms with E-state index in [1.807, 2.05) is 0 Å². The average molecular weight is 156 g/mol. The lowest BCUT2D eigenvalue weighted by Gasteiger charge is -2.10. The van der Waals surface area contributed by atoms with Gasteiger partial charge in [0, 0.05) is 12.1 Å². The number of hydrogen-bond donors (Lipinski definition) is 2. The Balaban J connectivity index is 1.99. The van der Waals surface area contributed by atoms with Crippen molar-refractivity contribution in [2.24, 2.45) is 5.73 Å². The van der Waals surface area contributed by atoms with Gasteiger partial charge in [-0.05, 0) is 32.2 Å². The second kappa shape index (κ2) is 4.73. The number of unbranched alkanes of at least 4 members (excludes halogenated alkanes) is 1. The molecule has 2 heteroatoms. The van der Waals surface area contributed by atoms with Crippen molar-refractivity contribution in [2.45, 2.75) is 51.1 Å². The van der Waals surface area contributed by atoms with Crippen LogP contribution in [0.15, 0.2) is 0 Å². The van der Waals surface area contributed by atoms with Gasteiger partial charge in [-0.15, -0.1) is 0 Å². The molecule has 2 nitrogen and oxygen atoms in total. The van der Waals surface area contributed by atoms with Gasteiger partial charge in [-0.1, -0.05) is 13.3 Å². The molecule has 0 aliphatic heterocycles. The first-order valence-corrected chi connectivity index (χ1v) is 4.82. The quantitative estimate of drug-likeness (QED) is 0.601. The van der Waals surface area contributed by atoms with E-state index in [1.54, 1.807) is 0 Å². The van der Waals surface area contributed by atoms with Gasteiger partial charge in [0.15, 0.2) is 0 Å². The topological polar surface area (TPSA) is 38.0 Å². The van der Waals surface area contributed by atoms with Gasteiger partial charge in [0.05, 0.1) is 0 Å². The number of rotatable bonds is 4. The van der Waals surface area contributed by atoms with Gasteiger partial charge in [0.25, 0.3) is 0 Å². The van der Waals surface area contributed by atoms with Crippen LogP contribution in [0.3, 0.4) is 0 Å². The molecule has 1 aliphatic carbocycles. The van der Waals surface area contributed by atoms with Gasteiger partial charge in [0.2, 0.25) is 0 Å². The van der Waals surface area contributed by atoms with Crippen LogP contribution >= 0.6 is 0 Å². The average Bonchev–Trinajstić information content (AvgIpc) is 2.37. The van der Waals surface area contributed by atoms with Crippen LogP contribution in [0.25, 0.3) is 0 Å². The van der Waals surface area contributed by atoms with Crippen molar-refractivity contribution in [2.75, 3.05) is 6.54 Å². The maximum atomic E-state index is 5.79. The van der Waals surface area contributed by atoms with Gasteiger partial charge in [-0.25, -0.2) is 0 Å². The van der Waals surface area contributed by atoms with Crippen LogP contribution < -0.4 is 11.1 Å². The molecule has 0 aromatic rings. The summed E-state index contributed by atoms with van der Waals surface area (Å²) in [4.78, 5) is 0. The predicted molar refractivity (Wildman–Crippen MR) is 48.5 cm³/mol. The highest BCUT2D eigenvalue weighted by Gasteiger charge is 2.20. The molecule has 0 aromatic carbocycles. The monoisotopic (exact) mass is 156 g/mol. The number of nitrogens with one attached hydrogen (secondary N) is 1. The highest BCUT2D eigenvalue weighted by molar-refractivity contribution is 4.82. The lowest BCUT2D eigenvalue weighted by atomic mass is 10.2.